The number of para-hydroxylation sites is 1. The average Bonchev–Trinajstić information content (AvgIpc) is 2.91. The monoisotopic (exact) mass is 342 g/mol. The van der Waals surface area contributed by atoms with Gasteiger partial charge in [-0.15, -0.1) is 0 Å². The van der Waals surface area contributed by atoms with Crippen LogP contribution in [-0.4, -0.2) is 54.5 Å². The molecule has 0 unspecified atom stereocenters. The maximum absolute atomic E-state index is 12.7. The van der Waals surface area contributed by atoms with Crippen molar-refractivity contribution < 1.29 is 9.53 Å². The molecule has 25 heavy (non-hydrogen) atoms. The number of benzene rings is 1. The maximum Gasteiger partial charge on any atom is 0.226 e. The van der Waals surface area contributed by atoms with Gasteiger partial charge in [-0.1, -0.05) is 24.6 Å². The smallest absolute Gasteiger partial charge is 0.226 e. The van der Waals surface area contributed by atoms with Crippen LogP contribution in [0.3, 0.4) is 0 Å². The molecular weight excluding hydrogens is 312 g/mol. The van der Waals surface area contributed by atoms with Crippen LogP contribution in [0.2, 0.25) is 0 Å². The minimum absolute atomic E-state index is 0.262. The molecule has 0 aromatic heterocycles. The molecule has 3 aliphatic heterocycles. The molecule has 2 bridgehead atoms. The van der Waals surface area contributed by atoms with Gasteiger partial charge in [-0.05, 0) is 49.7 Å². The van der Waals surface area contributed by atoms with Crippen LogP contribution in [0.4, 0.5) is 0 Å². The van der Waals surface area contributed by atoms with Gasteiger partial charge in [-0.25, -0.2) is 0 Å². The third-order valence-electron chi connectivity index (χ3n) is 6.22. The number of ether oxygens (including phenoxy) is 1. The number of fused-ring (bicyclic) bond motifs is 4. The highest BCUT2D eigenvalue weighted by Crippen LogP contribution is 2.33. The third kappa shape index (κ3) is 4.17. The number of amides is 1. The Hall–Kier alpha value is -1.55. The summed E-state index contributed by atoms with van der Waals surface area (Å²) in [6, 6.07) is 10.4. The second-order valence-corrected chi connectivity index (χ2v) is 8.06. The highest BCUT2D eigenvalue weighted by molar-refractivity contribution is 5.76. The Morgan fingerprint density at radius 3 is 2.64 bits per heavy atom. The summed E-state index contributed by atoms with van der Waals surface area (Å²) in [6.45, 7) is 4.81. The number of piperidine rings is 1. The van der Waals surface area contributed by atoms with Crippen molar-refractivity contribution in [2.75, 3.05) is 32.8 Å². The lowest BCUT2D eigenvalue weighted by atomic mass is 9.83. The van der Waals surface area contributed by atoms with E-state index in [-0.39, 0.29) is 5.91 Å². The van der Waals surface area contributed by atoms with Crippen molar-refractivity contribution in [1.29, 1.82) is 0 Å². The van der Waals surface area contributed by atoms with E-state index in [1.807, 2.05) is 30.3 Å². The third-order valence-corrected chi connectivity index (χ3v) is 6.22. The van der Waals surface area contributed by atoms with E-state index in [1.165, 1.54) is 45.2 Å². The number of rotatable bonds is 6. The summed E-state index contributed by atoms with van der Waals surface area (Å²) < 4.78 is 5.71. The zero-order valence-electron chi connectivity index (χ0n) is 15.1. The van der Waals surface area contributed by atoms with E-state index < -0.39 is 0 Å². The van der Waals surface area contributed by atoms with Gasteiger partial charge in [0.05, 0.1) is 13.0 Å². The lowest BCUT2D eigenvalue weighted by Crippen LogP contribution is -2.47. The first-order valence-electron chi connectivity index (χ1n) is 9.97. The van der Waals surface area contributed by atoms with Crippen LogP contribution >= 0.6 is 0 Å². The van der Waals surface area contributed by atoms with Gasteiger partial charge in [0, 0.05) is 32.2 Å². The van der Waals surface area contributed by atoms with E-state index in [0.717, 1.165) is 24.8 Å². The first-order chi connectivity index (χ1) is 12.3. The fourth-order valence-electron chi connectivity index (χ4n) is 4.54. The van der Waals surface area contributed by atoms with E-state index >= 15 is 0 Å². The maximum atomic E-state index is 12.7. The normalized spacial score (nSPS) is 27.0. The Morgan fingerprint density at radius 1 is 1.04 bits per heavy atom. The van der Waals surface area contributed by atoms with Crippen LogP contribution < -0.4 is 4.74 Å². The number of nitrogens with zero attached hydrogens (tertiary/aromatic N) is 2. The Morgan fingerprint density at radius 2 is 1.88 bits per heavy atom. The van der Waals surface area contributed by atoms with Crippen LogP contribution in [0.5, 0.6) is 5.75 Å². The van der Waals surface area contributed by atoms with Gasteiger partial charge in [0.25, 0.3) is 0 Å². The lowest BCUT2D eigenvalue weighted by Gasteiger charge is -2.40. The molecule has 1 aromatic rings. The van der Waals surface area contributed by atoms with Crippen molar-refractivity contribution in [3.8, 4) is 5.75 Å². The van der Waals surface area contributed by atoms with Crippen molar-refractivity contribution in [3.05, 3.63) is 30.3 Å². The highest BCUT2D eigenvalue weighted by atomic mass is 16.5. The van der Waals surface area contributed by atoms with Gasteiger partial charge in [-0.2, -0.15) is 0 Å². The summed E-state index contributed by atoms with van der Waals surface area (Å²) in [6.07, 6.45) is 7.27. The molecule has 4 nitrogen and oxygen atoms in total. The van der Waals surface area contributed by atoms with Crippen molar-refractivity contribution in [2.45, 2.75) is 44.6 Å². The SMILES string of the molecule is O=C(CCOc1ccccc1)N1C[C@H]2CC[C@@H](C1)N(CC1CCC1)C2. The second-order valence-electron chi connectivity index (χ2n) is 8.06. The zero-order valence-corrected chi connectivity index (χ0v) is 15.1. The predicted octanol–water partition coefficient (Wildman–Crippen LogP) is 3.18. The molecule has 0 spiro atoms. The molecule has 1 saturated carbocycles. The Bertz CT molecular complexity index is 573. The lowest BCUT2D eigenvalue weighted by molar-refractivity contribution is -0.132. The fraction of sp³-hybridized carbons (Fsp3) is 0.667. The van der Waals surface area contributed by atoms with Crippen LogP contribution in [-0.2, 0) is 4.79 Å². The molecule has 1 aliphatic carbocycles. The predicted molar refractivity (Wildman–Crippen MR) is 98.6 cm³/mol. The Kier molecular flexibility index (Phi) is 5.25. The van der Waals surface area contributed by atoms with Gasteiger partial charge < -0.3 is 9.64 Å². The quantitative estimate of drug-likeness (QED) is 0.796. The fourth-order valence-corrected chi connectivity index (χ4v) is 4.54. The van der Waals surface area contributed by atoms with Crippen molar-refractivity contribution in [3.63, 3.8) is 0 Å². The van der Waals surface area contributed by atoms with Gasteiger partial charge in [0.1, 0.15) is 5.75 Å². The van der Waals surface area contributed by atoms with Crippen LogP contribution in [0.1, 0.15) is 38.5 Å². The number of hydrogen-bond acceptors (Lipinski definition) is 3. The van der Waals surface area contributed by atoms with E-state index in [2.05, 4.69) is 9.80 Å². The van der Waals surface area contributed by atoms with Crippen molar-refractivity contribution >= 4 is 5.91 Å². The van der Waals surface area contributed by atoms with E-state index in [0.29, 0.717) is 25.0 Å². The molecule has 0 N–H and O–H groups in total. The van der Waals surface area contributed by atoms with Gasteiger partial charge in [0.2, 0.25) is 5.91 Å². The topological polar surface area (TPSA) is 32.8 Å². The zero-order chi connectivity index (χ0) is 17.1. The molecule has 2 atom stereocenters. The minimum Gasteiger partial charge on any atom is -0.493 e. The summed E-state index contributed by atoms with van der Waals surface area (Å²) in [5.41, 5.74) is 0. The largest absolute Gasteiger partial charge is 0.493 e. The number of hydrogen-bond donors (Lipinski definition) is 0. The average molecular weight is 342 g/mol. The molecule has 1 amide bonds. The molecule has 4 heteroatoms. The Balaban J connectivity index is 1.28. The van der Waals surface area contributed by atoms with Gasteiger partial charge in [-0.3, -0.25) is 9.69 Å². The van der Waals surface area contributed by atoms with E-state index in [4.69, 9.17) is 4.74 Å². The first kappa shape index (κ1) is 16.9. The second kappa shape index (κ2) is 7.77. The van der Waals surface area contributed by atoms with Crippen molar-refractivity contribution in [1.82, 2.24) is 9.80 Å². The summed E-state index contributed by atoms with van der Waals surface area (Å²) in [5.74, 6) is 2.69. The molecule has 3 saturated heterocycles. The van der Waals surface area contributed by atoms with Crippen LogP contribution in [0.15, 0.2) is 30.3 Å². The molecule has 4 fully saturated rings. The molecule has 5 rings (SSSR count). The molecular formula is C21H30N2O2. The van der Waals surface area contributed by atoms with E-state index in [9.17, 15) is 4.79 Å². The molecule has 3 heterocycles. The van der Waals surface area contributed by atoms with Gasteiger partial charge >= 0.3 is 0 Å². The van der Waals surface area contributed by atoms with Gasteiger partial charge in [0.15, 0.2) is 0 Å². The Labute approximate surface area is 151 Å². The number of carbonyl (C=O) groups excluding carboxylic acids is 1. The van der Waals surface area contributed by atoms with Crippen molar-refractivity contribution in [2.24, 2.45) is 11.8 Å². The number of carbonyl (C=O) groups is 1. The minimum atomic E-state index is 0.262. The molecule has 1 aromatic carbocycles. The summed E-state index contributed by atoms with van der Waals surface area (Å²) in [4.78, 5) is 17.5. The molecule has 136 valence electrons. The van der Waals surface area contributed by atoms with Crippen LogP contribution in [0, 0.1) is 11.8 Å². The highest BCUT2D eigenvalue weighted by Gasteiger charge is 2.37. The molecule has 4 aliphatic rings. The summed E-state index contributed by atoms with van der Waals surface area (Å²) in [7, 11) is 0. The van der Waals surface area contributed by atoms with Crippen LogP contribution in [0.25, 0.3) is 0 Å². The standard InChI is InChI=1S/C21H30N2O2/c24-21(11-12-25-20-7-2-1-3-8-20)23-15-18-9-10-19(16-23)22(14-18)13-17-5-4-6-17/h1-3,7-8,17-19H,4-6,9-16H2/t18-,19-/m0/s1. The molecule has 0 radical (unpaired) electrons. The van der Waals surface area contributed by atoms with E-state index in [1.54, 1.807) is 0 Å². The first-order valence-corrected chi connectivity index (χ1v) is 9.97. The summed E-state index contributed by atoms with van der Waals surface area (Å²) >= 11 is 0. The summed E-state index contributed by atoms with van der Waals surface area (Å²) in [5, 5.41) is 0.